The van der Waals surface area contributed by atoms with Gasteiger partial charge in [-0.2, -0.15) is 0 Å². The van der Waals surface area contributed by atoms with E-state index in [1.807, 2.05) is 13.8 Å². The molecule has 6 nitrogen and oxygen atoms in total. The van der Waals surface area contributed by atoms with Gasteiger partial charge in [0.1, 0.15) is 0 Å². The molecule has 1 aromatic carbocycles. The number of rotatable bonds is 5. The van der Waals surface area contributed by atoms with Gasteiger partial charge in [-0.05, 0) is 31.7 Å². The van der Waals surface area contributed by atoms with Gasteiger partial charge in [-0.15, -0.1) is 0 Å². The van der Waals surface area contributed by atoms with E-state index >= 15 is 0 Å². The molecule has 0 aromatic heterocycles. The Balaban J connectivity index is 2.09. The number of carbonyl (C=O) groups is 3. The Hall–Kier alpha value is -2.21. The molecule has 6 heteroatoms. The summed E-state index contributed by atoms with van der Waals surface area (Å²) in [4.78, 5) is 36.6. The van der Waals surface area contributed by atoms with Crippen LogP contribution in [-0.4, -0.2) is 42.3 Å². The highest BCUT2D eigenvalue weighted by Crippen LogP contribution is 2.24. The fourth-order valence-electron chi connectivity index (χ4n) is 2.35. The number of benzene rings is 1. The number of carbonyl (C=O) groups excluding carboxylic acids is 3. The average Bonchev–Trinajstić information content (AvgIpc) is 2.64. The molecule has 1 aliphatic heterocycles. The highest BCUT2D eigenvalue weighted by Gasteiger charge is 2.32. The van der Waals surface area contributed by atoms with Crippen LogP contribution in [0.15, 0.2) is 18.2 Å². The number of amides is 3. The van der Waals surface area contributed by atoms with Gasteiger partial charge in [-0.1, -0.05) is 6.92 Å². The Labute approximate surface area is 123 Å². The zero-order chi connectivity index (χ0) is 15.6. The van der Waals surface area contributed by atoms with Crippen LogP contribution in [0.4, 0.5) is 5.69 Å². The van der Waals surface area contributed by atoms with E-state index in [4.69, 9.17) is 0 Å². The van der Waals surface area contributed by atoms with E-state index < -0.39 is 0 Å². The van der Waals surface area contributed by atoms with Gasteiger partial charge in [-0.25, -0.2) is 0 Å². The highest BCUT2D eigenvalue weighted by molar-refractivity contribution is 6.21. The predicted molar refractivity (Wildman–Crippen MR) is 79.3 cm³/mol. The quantitative estimate of drug-likeness (QED) is 0.799. The van der Waals surface area contributed by atoms with Crippen molar-refractivity contribution >= 4 is 23.4 Å². The lowest BCUT2D eigenvalue weighted by atomic mass is 10.1. The van der Waals surface area contributed by atoms with Crippen molar-refractivity contribution < 1.29 is 14.4 Å². The van der Waals surface area contributed by atoms with Crippen molar-refractivity contribution in [1.82, 2.24) is 10.2 Å². The maximum Gasteiger partial charge on any atom is 0.261 e. The van der Waals surface area contributed by atoms with E-state index in [1.54, 1.807) is 18.2 Å². The second kappa shape index (κ2) is 6.05. The molecule has 1 heterocycles. The van der Waals surface area contributed by atoms with Crippen LogP contribution >= 0.6 is 0 Å². The molecule has 3 amide bonds. The Morgan fingerprint density at radius 1 is 1.24 bits per heavy atom. The molecule has 0 radical (unpaired) electrons. The van der Waals surface area contributed by atoms with Crippen molar-refractivity contribution in [3.8, 4) is 0 Å². The molecule has 0 saturated carbocycles. The number of hydrogen-bond donors (Lipinski definition) is 2. The third kappa shape index (κ3) is 3.11. The standard InChI is InChI=1S/C15H19N3O3/c1-4-16-9(2)7-13(19)17-10-5-6-11-12(8-10)15(21)18(3)14(11)20/h5-6,8-9,16H,4,7H2,1-3H3,(H,17,19). The van der Waals surface area contributed by atoms with E-state index in [1.165, 1.54) is 7.05 Å². The predicted octanol–water partition coefficient (Wildman–Crippen LogP) is 1.24. The van der Waals surface area contributed by atoms with Gasteiger partial charge in [0.05, 0.1) is 11.1 Å². The van der Waals surface area contributed by atoms with Crippen LogP contribution in [0, 0.1) is 0 Å². The number of nitrogens with one attached hydrogen (secondary N) is 2. The molecule has 0 fully saturated rings. The summed E-state index contributed by atoms with van der Waals surface area (Å²) in [7, 11) is 1.45. The molecular weight excluding hydrogens is 270 g/mol. The van der Waals surface area contributed by atoms with Gasteiger partial charge in [0.25, 0.3) is 11.8 Å². The Kier molecular flexibility index (Phi) is 4.37. The first-order valence-electron chi connectivity index (χ1n) is 6.93. The number of anilines is 1. The van der Waals surface area contributed by atoms with Crippen molar-refractivity contribution in [3.63, 3.8) is 0 Å². The largest absolute Gasteiger partial charge is 0.326 e. The summed E-state index contributed by atoms with van der Waals surface area (Å²) in [5, 5.41) is 5.91. The van der Waals surface area contributed by atoms with Gasteiger partial charge in [0, 0.05) is 25.2 Å². The molecular formula is C15H19N3O3. The molecule has 1 unspecified atom stereocenters. The maximum atomic E-state index is 11.9. The summed E-state index contributed by atoms with van der Waals surface area (Å²) >= 11 is 0. The second-order valence-electron chi connectivity index (χ2n) is 5.14. The van der Waals surface area contributed by atoms with E-state index in [-0.39, 0.29) is 23.8 Å². The second-order valence-corrected chi connectivity index (χ2v) is 5.14. The SMILES string of the molecule is CCNC(C)CC(=O)Nc1ccc2c(c1)C(=O)N(C)C2=O. The monoisotopic (exact) mass is 289 g/mol. The van der Waals surface area contributed by atoms with Crippen molar-refractivity contribution in [3.05, 3.63) is 29.3 Å². The molecule has 0 spiro atoms. The summed E-state index contributed by atoms with van der Waals surface area (Å²) in [5.41, 5.74) is 1.24. The minimum absolute atomic E-state index is 0.0822. The first kappa shape index (κ1) is 15.2. The lowest BCUT2D eigenvalue weighted by Gasteiger charge is -2.12. The Morgan fingerprint density at radius 3 is 2.57 bits per heavy atom. The minimum atomic E-state index is -0.341. The zero-order valence-corrected chi connectivity index (χ0v) is 12.4. The van der Waals surface area contributed by atoms with Gasteiger partial charge >= 0.3 is 0 Å². The first-order chi connectivity index (χ1) is 9.93. The number of imide groups is 1. The number of hydrogen-bond acceptors (Lipinski definition) is 4. The number of fused-ring (bicyclic) bond motifs is 1. The molecule has 112 valence electrons. The van der Waals surface area contributed by atoms with Crippen molar-refractivity contribution in [2.24, 2.45) is 0 Å². The molecule has 21 heavy (non-hydrogen) atoms. The molecule has 2 N–H and O–H groups in total. The Bertz CT molecular complexity index is 598. The third-order valence-corrected chi connectivity index (χ3v) is 3.42. The van der Waals surface area contributed by atoms with Crippen LogP contribution in [0.25, 0.3) is 0 Å². The van der Waals surface area contributed by atoms with Gasteiger partial charge in [0.15, 0.2) is 0 Å². The first-order valence-corrected chi connectivity index (χ1v) is 6.93. The smallest absolute Gasteiger partial charge is 0.261 e. The molecule has 0 bridgehead atoms. The summed E-state index contributed by atoms with van der Waals surface area (Å²) in [6.45, 7) is 4.72. The fraction of sp³-hybridized carbons (Fsp3) is 0.400. The van der Waals surface area contributed by atoms with E-state index in [2.05, 4.69) is 10.6 Å². The average molecular weight is 289 g/mol. The van der Waals surface area contributed by atoms with E-state index in [9.17, 15) is 14.4 Å². The molecule has 0 aliphatic carbocycles. The van der Waals surface area contributed by atoms with Gasteiger partial charge in [0.2, 0.25) is 5.91 Å². The summed E-state index contributed by atoms with van der Waals surface area (Å²) in [6.07, 6.45) is 0.345. The van der Waals surface area contributed by atoms with Crippen LogP contribution in [0.2, 0.25) is 0 Å². The van der Waals surface area contributed by atoms with E-state index in [0.29, 0.717) is 23.2 Å². The van der Waals surface area contributed by atoms with Gasteiger partial charge in [-0.3, -0.25) is 19.3 Å². The third-order valence-electron chi connectivity index (χ3n) is 3.42. The normalized spacial score (nSPS) is 15.1. The van der Waals surface area contributed by atoms with Crippen LogP contribution in [-0.2, 0) is 4.79 Å². The fourth-order valence-corrected chi connectivity index (χ4v) is 2.35. The summed E-state index contributed by atoms with van der Waals surface area (Å²) in [6, 6.07) is 4.84. The lowest BCUT2D eigenvalue weighted by Crippen LogP contribution is -2.30. The van der Waals surface area contributed by atoms with Crippen LogP contribution in [0.5, 0.6) is 0 Å². The van der Waals surface area contributed by atoms with Crippen molar-refractivity contribution in [2.75, 3.05) is 18.9 Å². The molecule has 2 rings (SSSR count). The van der Waals surface area contributed by atoms with Gasteiger partial charge < -0.3 is 10.6 Å². The van der Waals surface area contributed by atoms with Crippen LogP contribution in [0.3, 0.4) is 0 Å². The number of nitrogens with zero attached hydrogens (tertiary/aromatic N) is 1. The maximum absolute atomic E-state index is 11.9. The van der Waals surface area contributed by atoms with Crippen molar-refractivity contribution in [2.45, 2.75) is 26.3 Å². The van der Waals surface area contributed by atoms with Crippen molar-refractivity contribution in [1.29, 1.82) is 0 Å². The van der Waals surface area contributed by atoms with Crippen LogP contribution < -0.4 is 10.6 Å². The molecule has 1 aliphatic rings. The topological polar surface area (TPSA) is 78.5 Å². The summed E-state index contributed by atoms with van der Waals surface area (Å²) in [5.74, 6) is -0.783. The van der Waals surface area contributed by atoms with Crippen LogP contribution in [0.1, 0.15) is 41.0 Å². The highest BCUT2D eigenvalue weighted by atomic mass is 16.2. The summed E-state index contributed by atoms with van der Waals surface area (Å²) < 4.78 is 0. The molecule has 1 aromatic rings. The zero-order valence-electron chi connectivity index (χ0n) is 12.4. The lowest BCUT2D eigenvalue weighted by molar-refractivity contribution is -0.116. The Morgan fingerprint density at radius 2 is 1.90 bits per heavy atom. The molecule has 1 atom stereocenters. The molecule has 0 saturated heterocycles. The minimum Gasteiger partial charge on any atom is -0.326 e. The van der Waals surface area contributed by atoms with E-state index in [0.717, 1.165) is 11.4 Å².